The summed E-state index contributed by atoms with van der Waals surface area (Å²) in [5.41, 5.74) is 0. The Kier molecular flexibility index (Phi) is 7.55. The first-order chi connectivity index (χ1) is 9.51. The van der Waals surface area contributed by atoms with E-state index >= 15 is 0 Å². The molecule has 3 nitrogen and oxygen atoms in total. The summed E-state index contributed by atoms with van der Waals surface area (Å²) in [4.78, 5) is 0. The third-order valence-electron chi connectivity index (χ3n) is 3.41. The lowest BCUT2D eigenvalue weighted by Gasteiger charge is -2.20. The van der Waals surface area contributed by atoms with Gasteiger partial charge in [0.15, 0.2) is 0 Å². The maximum absolute atomic E-state index is 12.7. The second-order valence-electron chi connectivity index (χ2n) is 5.48. The van der Waals surface area contributed by atoms with Crippen LogP contribution in [-0.2, 0) is 0 Å². The summed E-state index contributed by atoms with van der Waals surface area (Å²) in [5.74, 6) is 0.960. The van der Waals surface area contributed by atoms with E-state index in [9.17, 15) is 9.50 Å². The van der Waals surface area contributed by atoms with Gasteiger partial charge in [0.25, 0.3) is 0 Å². The molecule has 114 valence electrons. The third-order valence-corrected chi connectivity index (χ3v) is 3.41. The van der Waals surface area contributed by atoms with E-state index < -0.39 is 6.10 Å². The lowest BCUT2D eigenvalue weighted by atomic mass is 10.0. The highest BCUT2D eigenvalue weighted by atomic mass is 19.1. The van der Waals surface area contributed by atoms with Crippen LogP contribution in [0.15, 0.2) is 24.3 Å². The summed E-state index contributed by atoms with van der Waals surface area (Å²) >= 11 is 0. The highest BCUT2D eigenvalue weighted by molar-refractivity contribution is 5.22. The number of hydrogen-bond donors (Lipinski definition) is 2. The quantitative estimate of drug-likeness (QED) is 0.732. The van der Waals surface area contributed by atoms with Crippen LogP contribution < -0.4 is 10.1 Å². The van der Waals surface area contributed by atoms with Crippen molar-refractivity contribution >= 4 is 0 Å². The highest BCUT2D eigenvalue weighted by Crippen LogP contribution is 2.11. The number of aliphatic hydroxyl groups is 1. The van der Waals surface area contributed by atoms with Crippen molar-refractivity contribution in [2.24, 2.45) is 5.92 Å². The van der Waals surface area contributed by atoms with Gasteiger partial charge in [-0.25, -0.2) is 4.39 Å². The van der Waals surface area contributed by atoms with E-state index in [4.69, 9.17) is 4.74 Å². The predicted molar refractivity (Wildman–Crippen MR) is 79.4 cm³/mol. The largest absolute Gasteiger partial charge is 0.491 e. The van der Waals surface area contributed by atoms with Crippen LogP contribution in [0, 0.1) is 11.7 Å². The van der Waals surface area contributed by atoms with Crippen molar-refractivity contribution in [2.75, 3.05) is 13.2 Å². The van der Waals surface area contributed by atoms with Crippen molar-refractivity contribution in [3.8, 4) is 5.75 Å². The number of ether oxygens (including phenoxy) is 1. The molecule has 0 spiro atoms. The first-order valence-corrected chi connectivity index (χ1v) is 7.31. The molecule has 3 atom stereocenters. The fourth-order valence-electron chi connectivity index (χ4n) is 1.97. The van der Waals surface area contributed by atoms with Crippen LogP contribution in [0.1, 0.15) is 33.6 Å². The molecule has 0 saturated heterocycles. The molecule has 4 heteroatoms. The lowest BCUT2D eigenvalue weighted by Crippen LogP contribution is -2.37. The molecule has 0 fully saturated rings. The molecule has 0 aliphatic rings. The van der Waals surface area contributed by atoms with Gasteiger partial charge in [0.2, 0.25) is 0 Å². The predicted octanol–water partition coefficient (Wildman–Crippen LogP) is 2.98. The van der Waals surface area contributed by atoms with Crippen LogP contribution in [0.3, 0.4) is 0 Å². The van der Waals surface area contributed by atoms with Crippen LogP contribution in [-0.4, -0.2) is 30.4 Å². The number of nitrogens with one attached hydrogen (secondary N) is 1. The third kappa shape index (κ3) is 6.87. The van der Waals surface area contributed by atoms with Gasteiger partial charge in [-0.05, 0) is 43.5 Å². The molecule has 1 rings (SSSR count). The summed E-state index contributed by atoms with van der Waals surface area (Å²) < 4.78 is 18.1. The second kappa shape index (κ2) is 8.93. The SMILES string of the molecule is CCC(C)CC(C)NCC(O)COc1ccc(F)cc1. The van der Waals surface area contributed by atoms with Gasteiger partial charge in [0, 0.05) is 12.6 Å². The zero-order valence-electron chi connectivity index (χ0n) is 12.6. The summed E-state index contributed by atoms with van der Waals surface area (Å²) in [7, 11) is 0. The van der Waals surface area contributed by atoms with Crippen molar-refractivity contribution in [1.29, 1.82) is 0 Å². The monoisotopic (exact) mass is 283 g/mol. The number of hydrogen-bond acceptors (Lipinski definition) is 3. The Hall–Kier alpha value is -1.13. The van der Waals surface area contributed by atoms with E-state index in [1.54, 1.807) is 12.1 Å². The molecule has 0 aliphatic heterocycles. The van der Waals surface area contributed by atoms with E-state index in [0.717, 1.165) is 6.42 Å². The van der Waals surface area contributed by atoms with Gasteiger partial charge < -0.3 is 15.2 Å². The minimum Gasteiger partial charge on any atom is -0.491 e. The molecular formula is C16H26FNO2. The fourth-order valence-corrected chi connectivity index (χ4v) is 1.97. The molecule has 0 aromatic heterocycles. The Morgan fingerprint density at radius 2 is 1.90 bits per heavy atom. The van der Waals surface area contributed by atoms with E-state index in [-0.39, 0.29) is 12.4 Å². The van der Waals surface area contributed by atoms with Crippen LogP contribution in [0.4, 0.5) is 4.39 Å². The summed E-state index contributed by atoms with van der Waals surface area (Å²) in [5, 5.41) is 13.1. The lowest BCUT2D eigenvalue weighted by molar-refractivity contribution is 0.103. The van der Waals surface area contributed by atoms with Gasteiger partial charge in [0.05, 0.1) is 0 Å². The van der Waals surface area contributed by atoms with Gasteiger partial charge in [-0.3, -0.25) is 0 Å². The molecule has 0 saturated carbocycles. The molecule has 0 radical (unpaired) electrons. The van der Waals surface area contributed by atoms with Crippen LogP contribution in [0.2, 0.25) is 0 Å². The standard InChI is InChI=1S/C16H26FNO2/c1-4-12(2)9-13(3)18-10-15(19)11-20-16-7-5-14(17)6-8-16/h5-8,12-13,15,18-19H,4,9-11H2,1-3H3. The van der Waals surface area contributed by atoms with E-state index in [0.29, 0.717) is 24.3 Å². The summed E-state index contributed by atoms with van der Waals surface area (Å²) in [6.07, 6.45) is 1.70. The van der Waals surface area contributed by atoms with Gasteiger partial charge in [-0.15, -0.1) is 0 Å². The second-order valence-corrected chi connectivity index (χ2v) is 5.48. The van der Waals surface area contributed by atoms with E-state index in [1.165, 1.54) is 18.6 Å². The zero-order valence-corrected chi connectivity index (χ0v) is 12.6. The smallest absolute Gasteiger partial charge is 0.123 e. The van der Waals surface area contributed by atoms with E-state index in [1.807, 2.05) is 0 Å². The minimum absolute atomic E-state index is 0.203. The van der Waals surface area contributed by atoms with Crippen molar-refractivity contribution in [3.05, 3.63) is 30.1 Å². The first kappa shape index (κ1) is 16.9. The number of aliphatic hydroxyl groups excluding tert-OH is 1. The fraction of sp³-hybridized carbons (Fsp3) is 0.625. The molecule has 1 aromatic rings. The minimum atomic E-state index is -0.570. The maximum Gasteiger partial charge on any atom is 0.123 e. The Bertz CT molecular complexity index is 369. The molecule has 0 heterocycles. The molecular weight excluding hydrogens is 257 g/mol. The zero-order chi connectivity index (χ0) is 15.0. The summed E-state index contributed by atoms with van der Waals surface area (Å²) in [6.45, 7) is 7.24. The molecule has 0 aliphatic carbocycles. The van der Waals surface area contributed by atoms with E-state index in [2.05, 4.69) is 26.1 Å². The average Bonchev–Trinajstić information content (AvgIpc) is 2.44. The van der Waals surface area contributed by atoms with Crippen molar-refractivity contribution < 1.29 is 14.2 Å². The Morgan fingerprint density at radius 1 is 1.25 bits per heavy atom. The number of rotatable bonds is 9. The van der Waals surface area contributed by atoms with Crippen molar-refractivity contribution in [3.63, 3.8) is 0 Å². The Morgan fingerprint density at radius 3 is 2.50 bits per heavy atom. The van der Waals surface area contributed by atoms with Gasteiger partial charge in [-0.2, -0.15) is 0 Å². The average molecular weight is 283 g/mol. The molecule has 1 aromatic carbocycles. The van der Waals surface area contributed by atoms with Crippen LogP contribution >= 0.6 is 0 Å². The van der Waals surface area contributed by atoms with Gasteiger partial charge in [-0.1, -0.05) is 20.3 Å². The number of halogens is 1. The number of benzene rings is 1. The summed E-state index contributed by atoms with van der Waals surface area (Å²) in [6, 6.07) is 6.18. The van der Waals surface area contributed by atoms with Gasteiger partial charge >= 0.3 is 0 Å². The van der Waals surface area contributed by atoms with Crippen LogP contribution in [0.5, 0.6) is 5.75 Å². The first-order valence-electron chi connectivity index (χ1n) is 7.31. The molecule has 0 bridgehead atoms. The maximum atomic E-state index is 12.7. The van der Waals surface area contributed by atoms with Crippen molar-refractivity contribution in [1.82, 2.24) is 5.32 Å². The molecule has 0 amide bonds. The molecule has 2 N–H and O–H groups in total. The molecule has 20 heavy (non-hydrogen) atoms. The normalized spacial score (nSPS) is 15.7. The van der Waals surface area contributed by atoms with Crippen molar-refractivity contribution in [2.45, 2.75) is 45.8 Å². The van der Waals surface area contributed by atoms with Crippen LogP contribution in [0.25, 0.3) is 0 Å². The Balaban J connectivity index is 2.20. The Labute approximate surface area is 121 Å². The highest BCUT2D eigenvalue weighted by Gasteiger charge is 2.10. The molecule has 3 unspecified atom stereocenters. The van der Waals surface area contributed by atoms with Gasteiger partial charge in [0.1, 0.15) is 24.3 Å². The topological polar surface area (TPSA) is 41.5 Å².